The first-order chi connectivity index (χ1) is 10.5. The molecule has 0 spiro atoms. The quantitative estimate of drug-likeness (QED) is 0.852. The highest BCUT2D eigenvalue weighted by Crippen LogP contribution is 2.27. The van der Waals surface area contributed by atoms with Gasteiger partial charge in [-0.2, -0.15) is 4.31 Å². The van der Waals surface area contributed by atoms with Crippen LogP contribution in [0.4, 0.5) is 4.39 Å². The van der Waals surface area contributed by atoms with Gasteiger partial charge in [-0.1, -0.05) is 0 Å². The summed E-state index contributed by atoms with van der Waals surface area (Å²) < 4.78 is 39.3. The van der Waals surface area contributed by atoms with E-state index >= 15 is 0 Å². The van der Waals surface area contributed by atoms with Crippen LogP contribution in [-0.4, -0.2) is 48.0 Å². The van der Waals surface area contributed by atoms with Gasteiger partial charge in [0.15, 0.2) is 0 Å². The van der Waals surface area contributed by atoms with Gasteiger partial charge in [-0.25, -0.2) is 12.8 Å². The second kappa shape index (κ2) is 6.18. The van der Waals surface area contributed by atoms with Crippen LogP contribution in [0.2, 0.25) is 0 Å². The number of carbonyl (C=O) groups is 1. The summed E-state index contributed by atoms with van der Waals surface area (Å²) in [5.41, 5.74) is -0.518. The molecular weight excluding hydrogens is 323 g/mol. The molecule has 0 unspecified atom stereocenters. The van der Waals surface area contributed by atoms with Crippen molar-refractivity contribution in [2.24, 2.45) is 0 Å². The standard InChI is InChI=1S/C15H21FN2O4S/c1-15(2,3)17-14(20)13-8-11(19)9-18(13)23(21,22)12-6-4-10(16)5-7-12/h4-7,11,13,19H,8-9H2,1-3H3,(H,17,20)/t11-,13-/m0/s1. The number of sulfonamides is 1. The lowest BCUT2D eigenvalue weighted by atomic mass is 10.1. The van der Waals surface area contributed by atoms with Crippen molar-refractivity contribution in [1.82, 2.24) is 9.62 Å². The molecule has 128 valence electrons. The van der Waals surface area contributed by atoms with Crippen molar-refractivity contribution in [2.45, 2.75) is 49.8 Å². The van der Waals surface area contributed by atoms with Crippen molar-refractivity contribution in [2.75, 3.05) is 6.54 Å². The van der Waals surface area contributed by atoms with Gasteiger partial charge in [-0.15, -0.1) is 0 Å². The highest BCUT2D eigenvalue weighted by atomic mass is 32.2. The molecular formula is C15H21FN2O4S. The number of hydrogen-bond acceptors (Lipinski definition) is 4. The maximum atomic E-state index is 13.0. The molecule has 0 aromatic heterocycles. The van der Waals surface area contributed by atoms with E-state index in [2.05, 4.69) is 5.32 Å². The number of nitrogens with zero attached hydrogens (tertiary/aromatic N) is 1. The summed E-state index contributed by atoms with van der Waals surface area (Å²) in [6.07, 6.45) is -0.886. The van der Waals surface area contributed by atoms with E-state index < -0.39 is 39.4 Å². The molecule has 0 radical (unpaired) electrons. The van der Waals surface area contributed by atoms with Gasteiger partial charge in [-0.05, 0) is 45.0 Å². The molecule has 0 aliphatic carbocycles. The summed E-state index contributed by atoms with van der Waals surface area (Å²) in [5, 5.41) is 12.6. The Morgan fingerprint density at radius 3 is 2.39 bits per heavy atom. The average Bonchev–Trinajstić information content (AvgIpc) is 2.80. The number of halogens is 1. The fourth-order valence-electron chi connectivity index (χ4n) is 2.48. The zero-order chi connectivity index (χ0) is 17.4. The molecule has 2 N–H and O–H groups in total. The topological polar surface area (TPSA) is 86.7 Å². The summed E-state index contributed by atoms with van der Waals surface area (Å²) in [6, 6.07) is 3.40. The molecule has 1 saturated heterocycles. The molecule has 1 aliphatic rings. The van der Waals surface area contributed by atoms with Gasteiger partial charge in [0.1, 0.15) is 11.9 Å². The highest BCUT2D eigenvalue weighted by Gasteiger charge is 2.44. The number of benzene rings is 1. The fraction of sp³-hybridized carbons (Fsp3) is 0.533. The first-order valence-corrected chi connectivity index (χ1v) is 8.72. The van der Waals surface area contributed by atoms with Crippen LogP contribution in [0.1, 0.15) is 27.2 Å². The van der Waals surface area contributed by atoms with Crippen LogP contribution in [0.15, 0.2) is 29.2 Å². The molecule has 6 nitrogen and oxygen atoms in total. The van der Waals surface area contributed by atoms with E-state index in [4.69, 9.17) is 0 Å². The second-order valence-corrected chi connectivity index (χ2v) is 8.56. The van der Waals surface area contributed by atoms with E-state index in [1.807, 2.05) is 0 Å². The minimum atomic E-state index is -3.99. The molecule has 8 heteroatoms. The monoisotopic (exact) mass is 344 g/mol. The molecule has 0 saturated carbocycles. The molecule has 1 aromatic carbocycles. The molecule has 23 heavy (non-hydrogen) atoms. The van der Waals surface area contributed by atoms with Gasteiger partial charge in [-0.3, -0.25) is 4.79 Å². The lowest BCUT2D eigenvalue weighted by Gasteiger charge is -2.27. The minimum absolute atomic E-state index is 0.0301. The largest absolute Gasteiger partial charge is 0.392 e. The SMILES string of the molecule is CC(C)(C)NC(=O)[C@@H]1C[C@H](O)CN1S(=O)(=O)c1ccc(F)cc1. The Hall–Kier alpha value is -1.51. The van der Waals surface area contributed by atoms with Crippen molar-refractivity contribution in [3.63, 3.8) is 0 Å². The lowest BCUT2D eigenvalue weighted by molar-refractivity contribution is -0.125. The number of β-amino-alcohol motifs (C(OH)–C–C–N with tert-alkyl or cyclic N) is 1. The molecule has 2 rings (SSSR count). The zero-order valence-corrected chi connectivity index (χ0v) is 14.1. The van der Waals surface area contributed by atoms with Crippen LogP contribution in [0, 0.1) is 5.82 Å². The van der Waals surface area contributed by atoms with Crippen molar-refractivity contribution in [3.8, 4) is 0 Å². The summed E-state index contributed by atoms with van der Waals surface area (Å²) >= 11 is 0. The number of aliphatic hydroxyl groups excluding tert-OH is 1. The van der Waals surface area contributed by atoms with Crippen LogP contribution < -0.4 is 5.32 Å². The normalized spacial score (nSPS) is 23.0. The van der Waals surface area contributed by atoms with Crippen LogP contribution in [0.25, 0.3) is 0 Å². The number of rotatable bonds is 3. The predicted octanol–water partition coefficient (Wildman–Crippen LogP) is 0.864. The Labute approximate surface area is 135 Å². The molecule has 1 aromatic rings. The maximum Gasteiger partial charge on any atom is 0.243 e. The molecule has 2 atom stereocenters. The highest BCUT2D eigenvalue weighted by molar-refractivity contribution is 7.89. The van der Waals surface area contributed by atoms with E-state index in [0.717, 1.165) is 28.6 Å². The van der Waals surface area contributed by atoms with Crippen LogP contribution in [0.5, 0.6) is 0 Å². The minimum Gasteiger partial charge on any atom is -0.392 e. The van der Waals surface area contributed by atoms with Crippen LogP contribution in [-0.2, 0) is 14.8 Å². The van der Waals surface area contributed by atoms with E-state index in [-0.39, 0.29) is 17.9 Å². The number of carbonyl (C=O) groups excluding carboxylic acids is 1. The van der Waals surface area contributed by atoms with Gasteiger partial charge in [0.2, 0.25) is 15.9 Å². The first-order valence-electron chi connectivity index (χ1n) is 7.28. The fourth-order valence-corrected chi connectivity index (χ4v) is 4.12. The van der Waals surface area contributed by atoms with Crippen LogP contribution >= 0.6 is 0 Å². The zero-order valence-electron chi connectivity index (χ0n) is 13.3. The smallest absolute Gasteiger partial charge is 0.243 e. The van der Waals surface area contributed by atoms with Gasteiger partial charge < -0.3 is 10.4 Å². The summed E-state index contributed by atoms with van der Waals surface area (Å²) in [6.45, 7) is 5.20. The Kier molecular flexibility index (Phi) is 4.79. The molecule has 1 aliphatic heterocycles. The van der Waals surface area contributed by atoms with Gasteiger partial charge >= 0.3 is 0 Å². The average molecular weight is 344 g/mol. The van der Waals surface area contributed by atoms with Gasteiger partial charge in [0.05, 0.1) is 11.0 Å². The van der Waals surface area contributed by atoms with Gasteiger partial charge in [0, 0.05) is 18.5 Å². The Morgan fingerprint density at radius 1 is 1.30 bits per heavy atom. The van der Waals surface area contributed by atoms with E-state index in [0.29, 0.717) is 0 Å². The summed E-state index contributed by atoms with van der Waals surface area (Å²) in [5.74, 6) is -1.01. The number of amides is 1. The maximum absolute atomic E-state index is 13.0. The van der Waals surface area contributed by atoms with E-state index in [1.165, 1.54) is 0 Å². The third-order valence-electron chi connectivity index (χ3n) is 3.45. The van der Waals surface area contributed by atoms with E-state index in [9.17, 15) is 22.7 Å². The van der Waals surface area contributed by atoms with Gasteiger partial charge in [0.25, 0.3) is 0 Å². The molecule has 1 heterocycles. The summed E-state index contributed by atoms with van der Waals surface area (Å²) in [7, 11) is -3.99. The Morgan fingerprint density at radius 2 is 1.87 bits per heavy atom. The molecule has 1 fully saturated rings. The van der Waals surface area contributed by atoms with Crippen LogP contribution in [0.3, 0.4) is 0 Å². The van der Waals surface area contributed by atoms with E-state index in [1.54, 1.807) is 20.8 Å². The molecule has 1 amide bonds. The second-order valence-electron chi connectivity index (χ2n) is 6.67. The van der Waals surface area contributed by atoms with Crippen molar-refractivity contribution >= 4 is 15.9 Å². The first kappa shape index (κ1) is 17.8. The molecule has 0 bridgehead atoms. The van der Waals surface area contributed by atoms with Crippen molar-refractivity contribution in [3.05, 3.63) is 30.1 Å². The number of hydrogen-bond donors (Lipinski definition) is 2. The number of nitrogens with one attached hydrogen (secondary N) is 1. The lowest BCUT2D eigenvalue weighted by Crippen LogP contribution is -2.51. The third-order valence-corrected chi connectivity index (χ3v) is 5.34. The van der Waals surface area contributed by atoms with Crippen molar-refractivity contribution < 1.29 is 22.7 Å². The Balaban J connectivity index is 2.31. The summed E-state index contributed by atoms with van der Waals surface area (Å²) in [4.78, 5) is 12.3. The third kappa shape index (κ3) is 4.07. The Bertz CT molecular complexity index is 682. The van der Waals surface area contributed by atoms with Crippen molar-refractivity contribution in [1.29, 1.82) is 0 Å². The number of aliphatic hydroxyl groups is 1. The predicted molar refractivity (Wildman–Crippen MR) is 82.6 cm³/mol.